The molecule has 22 heavy (non-hydrogen) atoms. The summed E-state index contributed by atoms with van der Waals surface area (Å²) in [7, 11) is 0. The molecule has 1 aromatic carbocycles. The largest absolute Gasteiger partial charge is 0.401 e. The molecule has 1 N–H and O–H groups in total. The molecular formula is C14H15ClF4N2O. The molecule has 0 aliphatic carbocycles. The van der Waals surface area contributed by atoms with Crippen LogP contribution in [0.25, 0.3) is 0 Å². The highest BCUT2D eigenvalue weighted by Crippen LogP contribution is 2.22. The lowest BCUT2D eigenvalue weighted by Crippen LogP contribution is -2.34. The number of carbonyl (C=O) groups excluding carboxylic acids is 1. The van der Waals surface area contributed by atoms with Gasteiger partial charge >= 0.3 is 6.18 Å². The van der Waals surface area contributed by atoms with Crippen LogP contribution in [0.15, 0.2) is 18.2 Å². The Morgan fingerprint density at radius 2 is 2.14 bits per heavy atom. The highest BCUT2D eigenvalue weighted by atomic mass is 35.5. The van der Waals surface area contributed by atoms with Crippen molar-refractivity contribution in [1.29, 1.82) is 0 Å². The second-order valence-electron chi connectivity index (χ2n) is 5.34. The molecule has 3 nitrogen and oxygen atoms in total. The summed E-state index contributed by atoms with van der Waals surface area (Å²) in [6.45, 7) is -0.136. The monoisotopic (exact) mass is 338 g/mol. The van der Waals surface area contributed by atoms with E-state index in [0.717, 1.165) is 6.07 Å². The summed E-state index contributed by atoms with van der Waals surface area (Å²) in [5.41, 5.74) is -0.169. The highest BCUT2D eigenvalue weighted by Gasteiger charge is 2.34. The number of hydrogen-bond donors (Lipinski definition) is 1. The van der Waals surface area contributed by atoms with E-state index in [4.69, 9.17) is 11.6 Å². The van der Waals surface area contributed by atoms with Crippen LogP contribution in [0.2, 0.25) is 5.02 Å². The van der Waals surface area contributed by atoms with Gasteiger partial charge < -0.3 is 5.32 Å². The van der Waals surface area contributed by atoms with Crippen molar-refractivity contribution >= 4 is 17.5 Å². The first kappa shape index (κ1) is 17.0. The third kappa shape index (κ3) is 4.84. The zero-order chi connectivity index (χ0) is 16.3. The van der Waals surface area contributed by atoms with E-state index in [0.29, 0.717) is 13.0 Å². The van der Waals surface area contributed by atoms with E-state index < -0.39 is 24.4 Å². The minimum absolute atomic E-state index is 0.0754. The van der Waals surface area contributed by atoms with Gasteiger partial charge in [0.2, 0.25) is 0 Å². The Bertz CT molecular complexity index is 550. The second-order valence-corrected chi connectivity index (χ2v) is 5.78. The minimum atomic E-state index is -4.22. The normalized spacial score (nSPS) is 19.4. The highest BCUT2D eigenvalue weighted by molar-refractivity contribution is 6.30. The van der Waals surface area contributed by atoms with Gasteiger partial charge in [-0.1, -0.05) is 11.6 Å². The molecule has 122 valence electrons. The number of hydrogen-bond acceptors (Lipinski definition) is 2. The molecule has 0 bridgehead atoms. The van der Waals surface area contributed by atoms with Gasteiger partial charge in [-0.2, -0.15) is 13.2 Å². The molecule has 0 spiro atoms. The maximum Gasteiger partial charge on any atom is 0.401 e. The lowest BCUT2D eigenvalue weighted by atomic mass is 10.1. The molecule has 0 saturated carbocycles. The van der Waals surface area contributed by atoms with Crippen molar-refractivity contribution in [1.82, 2.24) is 10.2 Å². The molecule has 1 aromatic rings. The summed E-state index contributed by atoms with van der Waals surface area (Å²) < 4.78 is 50.4. The zero-order valence-corrected chi connectivity index (χ0v) is 12.3. The van der Waals surface area contributed by atoms with Crippen LogP contribution in [0.4, 0.5) is 17.6 Å². The predicted molar refractivity (Wildman–Crippen MR) is 74.3 cm³/mol. The number of carbonyl (C=O) groups is 1. The Kier molecular flexibility index (Phi) is 5.28. The van der Waals surface area contributed by atoms with Crippen LogP contribution in [0.1, 0.15) is 16.8 Å². The third-order valence-corrected chi connectivity index (χ3v) is 3.73. The van der Waals surface area contributed by atoms with Crippen molar-refractivity contribution in [2.75, 3.05) is 26.2 Å². The average Bonchev–Trinajstić information content (AvgIpc) is 2.84. The molecule has 8 heteroatoms. The summed E-state index contributed by atoms with van der Waals surface area (Å²) >= 11 is 5.71. The first-order valence-corrected chi connectivity index (χ1v) is 7.15. The molecule has 1 saturated heterocycles. The number of amides is 1. The van der Waals surface area contributed by atoms with Crippen molar-refractivity contribution in [2.45, 2.75) is 12.6 Å². The van der Waals surface area contributed by atoms with Gasteiger partial charge in [-0.05, 0) is 37.1 Å². The van der Waals surface area contributed by atoms with Crippen molar-refractivity contribution in [2.24, 2.45) is 5.92 Å². The van der Waals surface area contributed by atoms with Crippen LogP contribution in [-0.2, 0) is 0 Å². The SMILES string of the molecule is O=C(NCC1CCN(CC(F)(F)F)C1)c1cc(Cl)ccc1F. The Morgan fingerprint density at radius 3 is 2.82 bits per heavy atom. The van der Waals surface area contributed by atoms with E-state index >= 15 is 0 Å². The first-order valence-electron chi connectivity index (χ1n) is 6.77. The fraction of sp³-hybridized carbons (Fsp3) is 0.500. The Balaban J connectivity index is 1.84. The summed E-state index contributed by atoms with van der Waals surface area (Å²) in [6.07, 6.45) is -3.66. The molecule has 1 heterocycles. The maximum atomic E-state index is 13.5. The number of nitrogens with zero attached hydrogens (tertiary/aromatic N) is 1. The molecular weight excluding hydrogens is 324 g/mol. The lowest BCUT2D eigenvalue weighted by molar-refractivity contribution is -0.143. The summed E-state index contributed by atoms with van der Waals surface area (Å²) in [5, 5.41) is 2.79. The Morgan fingerprint density at radius 1 is 1.41 bits per heavy atom. The summed E-state index contributed by atoms with van der Waals surface area (Å²) in [4.78, 5) is 13.2. The van der Waals surface area contributed by atoms with Gasteiger partial charge in [0.25, 0.3) is 5.91 Å². The molecule has 1 unspecified atom stereocenters. The van der Waals surface area contributed by atoms with Crippen LogP contribution in [0.5, 0.6) is 0 Å². The molecule has 2 rings (SSSR count). The zero-order valence-electron chi connectivity index (χ0n) is 11.6. The standard InChI is InChI=1S/C14H15ClF4N2O/c15-10-1-2-12(16)11(5-10)13(22)20-6-9-3-4-21(7-9)8-14(17,18)19/h1-2,5,9H,3-4,6-8H2,(H,20,22). The van der Waals surface area contributed by atoms with Crippen molar-refractivity contribution in [3.63, 3.8) is 0 Å². The van der Waals surface area contributed by atoms with Crippen LogP contribution >= 0.6 is 11.6 Å². The number of halogens is 5. The van der Waals surface area contributed by atoms with Gasteiger partial charge in [0.05, 0.1) is 12.1 Å². The van der Waals surface area contributed by atoms with Gasteiger partial charge in [0, 0.05) is 18.1 Å². The number of alkyl halides is 3. The molecule has 1 amide bonds. The fourth-order valence-electron chi connectivity index (χ4n) is 2.48. The number of nitrogens with one attached hydrogen (secondary N) is 1. The van der Waals surface area contributed by atoms with Gasteiger partial charge in [0.15, 0.2) is 0 Å². The molecule has 1 atom stereocenters. The molecule has 0 aromatic heterocycles. The number of rotatable bonds is 4. The average molecular weight is 339 g/mol. The topological polar surface area (TPSA) is 32.3 Å². The minimum Gasteiger partial charge on any atom is -0.352 e. The quantitative estimate of drug-likeness (QED) is 0.856. The Hall–Kier alpha value is -1.34. The number of likely N-dealkylation sites (tertiary alicyclic amines) is 1. The van der Waals surface area contributed by atoms with Gasteiger partial charge in [0.1, 0.15) is 5.82 Å². The smallest absolute Gasteiger partial charge is 0.352 e. The van der Waals surface area contributed by atoms with Crippen molar-refractivity contribution < 1.29 is 22.4 Å². The number of benzene rings is 1. The Labute approximate surface area is 130 Å². The van der Waals surface area contributed by atoms with E-state index in [1.165, 1.54) is 17.0 Å². The second kappa shape index (κ2) is 6.83. The molecule has 1 aliphatic heterocycles. The van der Waals surface area contributed by atoms with Crippen LogP contribution in [-0.4, -0.2) is 43.2 Å². The van der Waals surface area contributed by atoms with Gasteiger partial charge in [-0.15, -0.1) is 0 Å². The van der Waals surface area contributed by atoms with E-state index in [9.17, 15) is 22.4 Å². The maximum absolute atomic E-state index is 13.5. The van der Waals surface area contributed by atoms with E-state index in [1.54, 1.807) is 0 Å². The van der Waals surface area contributed by atoms with Gasteiger partial charge in [-0.25, -0.2) is 4.39 Å². The van der Waals surface area contributed by atoms with Gasteiger partial charge in [-0.3, -0.25) is 9.69 Å². The van der Waals surface area contributed by atoms with Crippen LogP contribution < -0.4 is 5.32 Å². The molecule has 1 aliphatic rings. The van der Waals surface area contributed by atoms with Crippen LogP contribution in [0, 0.1) is 11.7 Å². The summed E-state index contributed by atoms with van der Waals surface area (Å²) in [6, 6.07) is 3.65. The van der Waals surface area contributed by atoms with E-state index in [1.807, 2.05) is 0 Å². The molecule has 1 fully saturated rings. The fourth-order valence-corrected chi connectivity index (χ4v) is 2.65. The van der Waals surface area contributed by atoms with E-state index in [2.05, 4.69) is 5.32 Å². The summed E-state index contributed by atoms with van der Waals surface area (Å²) in [5.74, 6) is -1.38. The third-order valence-electron chi connectivity index (χ3n) is 3.50. The van der Waals surface area contributed by atoms with Crippen molar-refractivity contribution in [3.05, 3.63) is 34.6 Å². The predicted octanol–water partition coefficient (Wildman–Crippen LogP) is 3.09. The first-order chi connectivity index (χ1) is 10.2. The molecule has 0 radical (unpaired) electrons. The van der Waals surface area contributed by atoms with Crippen LogP contribution in [0.3, 0.4) is 0 Å². The van der Waals surface area contributed by atoms with Crippen molar-refractivity contribution in [3.8, 4) is 0 Å². The van der Waals surface area contributed by atoms with E-state index in [-0.39, 0.29) is 29.6 Å². The lowest BCUT2D eigenvalue weighted by Gasteiger charge is -2.18.